The van der Waals surface area contributed by atoms with E-state index in [0.29, 0.717) is 18.3 Å². The Hall–Kier alpha value is -2.48. The van der Waals surface area contributed by atoms with Gasteiger partial charge < -0.3 is 9.88 Å². The molecule has 8 heteroatoms. The highest BCUT2D eigenvalue weighted by Gasteiger charge is 2.19. The van der Waals surface area contributed by atoms with Gasteiger partial charge in [0.05, 0.1) is 17.1 Å². The summed E-state index contributed by atoms with van der Waals surface area (Å²) in [5.74, 6) is 0.592. The molecule has 136 valence electrons. The Morgan fingerprint density at radius 2 is 2.19 bits per heavy atom. The summed E-state index contributed by atoms with van der Waals surface area (Å²) in [7, 11) is 0. The number of hydrogen-bond donors (Lipinski definition) is 2. The quantitative estimate of drug-likeness (QED) is 0.720. The maximum atomic E-state index is 12.4. The largest absolute Gasteiger partial charge is 0.343 e. The van der Waals surface area contributed by atoms with Crippen molar-refractivity contribution >= 4 is 17.2 Å². The molecule has 0 aliphatic heterocycles. The molecule has 3 aromatic heterocycles. The van der Waals surface area contributed by atoms with Gasteiger partial charge >= 0.3 is 0 Å². The molecule has 0 radical (unpaired) electrons. The lowest BCUT2D eigenvalue weighted by molar-refractivity contribution is 0.0944. The molecule has 1 amide bonds. The lowest BCUT2D eigenvalue weighted by Gasteiger charge is -2.23. The summed E-state index contributed by atoms with van der Waals surface area (Å²) < 4.78 is 2.11. The van der Waals surface area contributed by atoms with Crippen molar-refractivity contribution in [2.24, 2.45) is 0 Å². The number of hydrogen-bond acceptors (Lipinski definition) is 5. The Labute approximate surface area is 155 Å². The number of aromatic nitrogens is 5. The summed E-state index contributed by atoms with van der Waals surface area (Å²) in [6.45, 7) is 2.41. The highest BCUT2D eigenvalue weighted by molar-refractivity contribution is 7.15. The van der Waals surface area contributed by atoms with Crippen LogP contribution < -0.4 is 5.32 Å². The highest BCUT2D eigenvalue weighted by atomic mass is 32.1. The van der Waals surface area contributed by atoms with Crippen molar-refractivity contribution in [2.45, 2.75) is 51.6 Å². The number of nitrogens with one attached hydrogen (secondary N) is 2. The van der Waals surface area contributed by atoms with Gasteiger partial charge in [-0.3, -0.25) is 9.89 Å². The van der Waals surface area contributed by atoms with Crippen LogP contribution >= 0.6 is 11.3 Å². The van der Waals surface area contributed by atoms with Crippen LogP contribution in [0.2, 0.25) is 0 Å². The Bertz CT molecular complexity index is 889. The average Bonchev–Trinajstić information content (AvgIpc) is 3.40. The van der Waals surface area contributed by atoms with Crippen LogP contribution in [0.25, 0.3) is 10.6 Å². The van der Waals surface area contributed by atoms with E-state index in [0.717, 1.165) is 29.2 Å². The molecule has 1 fully saturated rings. The molecule has 7 nitrogen and oxygen atoms in total. The second-order valence-electron chi connectivity index (χ2n) is 6.71. The van der Waals surface area contributed by atoms with Crippen molar-refractivity contribution in [2.75, 3.05) is 0 Å². The highest BCUT2D eigenvalue weighted by Crippen LogP contribution is 2.28. The zero-order valence-corrected chi connectivity index (χ0v) is 15.6. The van der Waals surface area contributed by atoms with Crippen molar-refractivity contribution < 1.29 is 4.79 Å². The third kappa shape index (κ3) is 3.55. The first-order valence-corrected chi connectivity index (χ1v) is 9.81. The molecule has 0 aromatic carbocycles. The summed E-state index contributed by atoms with van der Waals surface area (Å²) in [5.41, 5.74) is 1.24. The van der Waals surface area contributed by atoms with E-state index in [4.69, 9.17) is 0 Å². The van der Waals surface area contributed by atoms with Crippen molar-refractivity contribution in [1.82, 2.24) is 30.3 Å². The van der Waals surface area contributed by atoms with Crippen LogP contribution in [0.15, 0.2) is 24.5 Å². The Morgan fingerprint density at radius 3 is 2.96 bits per heavy atom. The fourth-order valence-electron chi connectivity index (χ4n) is 3.45. The predicted molar refractivity (Wildman–Crippen MR) is 100.0 cm³/mol. The first kappa shape index (κ1) is 17.0. The normalized spacial score (nSPS) is 15.3. The lowest BCUT2D eigenvalue weighted by Crippen LogP contribution is -2.26. The van der Waals surface area contributed by atoms with Crippen LogP contribution in [0.5, 0.6) is 0 Å². The smallest absolute Gasteiger partial charge is 0.272 e. The van der Waals surface area contributed by atoms with E-state index in [2.05, 4.69) is 43.3 Å². The van der Waals surface area contributed by atoms with Crippen molar-refractivity contribution in [1.29, 1.82) is 0 Å². The Kier molecular flexibility index (Phi) is 4.83. The van der Waals surface area contributed by atoms with E-state index >= 15 is 0 Å². The van der Waals surface area contributed by atoms with Gasteiger partial charge in [0.2, 0.25) is 0 Å². The number of carbonyl (C=O) groups excluding carboxylic acids is 1. The van der Waals surface area contributed by atoms with Crippen molar-refractivity contribution in [3.63, 3.8) is 0 Å². The van der Waals surface area contributed by atoms with Gasteiger partial charge in [0.15, 0.2) is 11.5 Å². The van der Waals surface area contributed by atoms with Gasteiger partial charge in [0.25, 0.3) is 5.91 Å². The SMILES string of the molecule is Cc1ccc(-c2cc(C(=O)NCc3nncn3C3CCCCC3)n[nH]2)s1. The zero-order valence-electron chi connectivity index (χ0n) is 14.7. The molecule has 3 heterocycles. The summed E-state index contributed by atoms with van der Waals surface area (Å²) in [6.07, 6.45) is 7.88. The van der Waals surface area contributed by atoms with E-state index < -0.39 is 0 Å². The van der Waals surface area contributed by atoms with Gasteiger partial charge in [-0.2, -0.15) is 5.10 Å². The summed E-state index contributed by atoms with van der Waals surface area (Å²) in [5, 5.41) is 18.2. The van der Waals surface area contributed by atoms with Gasteiger partial charge in [0.1, 0.15) is 6.33 Å². The predicted octanol–water partition coefficient (Wildman–Crippen LogP) is 3.47. The summed E-state index contributed by atoms with van der Waals surface area (Å²) >= 11 is 1.67. The van der Waals surface area contributed by atoms with Gasteiger partial charge in [-0.25, -0.2) is 0 Å². The van der Waals surface area contributed by atoms with Crippen LogP contribution in [0.4, 0.5) is 0 Å². The first-order chi connectivity index (χ1) is 12.7. The number of H-pyrrole nitrogens is 1. The topological polar surface area (TPSA) is 88.5 Å². The zero-order chi connectivity index (χ0) is 17.9. The molecule has 3 aromatic rings. The fraction of sp³-hybridized carbons (Fsp3) is 0.444. The minimum Gasteiger partial charge on any atom is -0.343 e. The van der Waals surface area contributed by atoms with Crippen molar-refractivity contribution in [3.8, 4) is 10.6 Å². The molecule has 0 bridgehead atoms. The number of carbonyl (C=O) groups is 1. The Balaban J connectivity index is 1.40. The molecule has 1 saturated carbocycles. The van der Waals surface area contributed by atoms with E-state index in [1.165, 1.54) is 24.1 Å². The number of aromatic amines is 1. The maximum Gasteiger partial charge on any atom is 0.272 e. The van der Waals surface area contributed by atoms with Crippen LogP contribution in [0.3, 0.4) is 0 Å². The maximum absolute atomic E-state index is 12.4. The van der Waals surface area contributed by atoms with E-state index in [-0.39, 0.29) is 5.91 Å². The minimum absolute atomic E-state index is 0.209. The van der Waals surface area contributed by atoms with E-state index in [9.17, 15) is 4.79 Å². The van der Waals surface area contributed by atoms with Gasteiger partial charge in [0, 0.05) is 10.9 Å². The molecule has 2 N–H and O–H groups in total. The molecule has 0 unspecified atom stereocenters. The van der Waals surface area contributed by atoms with E-state index in [1.807, 2.05) is 6.07 Å². The molecular formula is C18H22N6OS. The van der Waals surface area contributed by atoms with Crippen LogP contribution in [-0.4, -0.2) is 30.9 Å². The standard InChI is InChI=1S/C18H22N6OS/c1-12-7-8-16(26-12)14-9-15(22-21-14)18(25)19-10-17-23-20-11-24(17)13-5-3-2-4-6-13/h7-9,11,13H,2-6,10H2,1H3,(H,19,25)(H,21,22). The Morgan fingerprint density at radius 1 is 1.35 bits per heavy atom. The average molecular weight is 370 g/mol. The molecule has 4 rings (SSSR count). The monoisotopic (exact) mass is 370 g/mol. The van der Waals surface area contributed by atoms with Crippen LogP contribution in [-0.2, 0) is 6.54 Å². The minimum atomic E-state index is -0.209. The molecular weight excluding hydrogens is 348 g/mol. The van der Waals surface area contributed by atoms with Crippen LogP contribution in [0.1, 0.15) is 59.3 Å². The molecule has 0 atom stereocenters. The number of rotatable bonds is 5. The van der Waals surface area contributed by atoms with Gasteiger partial charge in [-0.15, -0.1) is 21.5 Å². The van der Waals surface area contributed by atoms with Gasteiger partial charge in [-0.05, 0) is 38.0 Å². The van der Waals surface area contributed by atoms with Crippen molar-refractivity contribution in [3.05, 3.63) is 40.9 Å². The van der Waals surface area contributed by atoms with E-state index in [1.54, 1.807) is 23.7 Å². The second-order valence-corrected chi connectivity index (χ2v) is 7.99. The molecule has 1 aliphatic carbocycles. The number of nitrogens with zero attached hydrogens (tertiary/aromatic N) is 4. The number of thiophene rings is 1. The lowest BCUT2D eigenvalue weighted by atomic mass is 9.95. The molecule has 26 heavy (non-hydrogen) atoms. The first-order valence-electron chi connectivity index (χ1n) is 8.99. The molecule has 0 saturated heterocycles. The summed E-state index contributed by atoms with van der Waals surface area (Å²) in [6, 6.07) is 6.32. The third-order valence-corrected chi connectivity index (χ3v) is 5.87. The number of aryl methyl sites for hydroxylation is 1. The number of amides is 1. The fourth-order valence-corrected chi connectivity index (χ4v) is 4.28. The third-order valence-electron chi connectivity index (χ3n) is 4.84. The molecule has 0 spiro atoms. The van der Waals surface area contributed by atoms with Crippen LogP contribution in [0, 0.1) is 6.92 Å². The summed E-state index contributed by atoms with van der Waals surface area (Å²) in [4.78, 5) is 14.7. The second kappa shape index (κ2) is 7.41. The van der Waals surface area contributed by atoms with Gasteiger partial charge in [-0.1, -0.05) is 19.3 Å². The molecule has 1 aliphatic rings.